The third-order valence-electron chi connectivity index (χ3n) is 3.10. The molecule has 22 heavy (non-hydrogen) atoms. The lowest BCUT2D eigenvalue weighted by atomic mass is 10.1. The van der Waals surface area contributed by atoms with Crippen molar-refractivity contribution in [1.29, 1.82) is 0 Å². The van der Waals surface area contributed by atoms with Crippen LogP contribution < -0.4 is 14.8 Å². The van der Waals surface area contributed by atoms with Gasteiger partial charge in [0.25, 0.3) is 0 Å². The van der Waals surface area contributed by atoms with E-state index in [2.05, 4.69) is 37.4 Å². The number of aryl methyl sites for hydroxylation is 2. The Hall–Kier alpha value is -2.16. The Morgan fingerprint density at radius 2 is 1.68 bits per heavy atom. The first kappa shape index (κ1) is 16.2. The van der Waals surface area contributed by atoms with E-state index in [1.54, 1.807) is 0 Å². The highest BCUT2D eigenvalue weighted by Gasteiger charge is 2.00. The lowest BCUT2D eigenvalue weighted by molar-refractivity contribution is 0.242. The van der Waals surface area contributed by atoms with E-state index in [1.165, 1.54) is 11.1 Å². The fourth-order valence-corrected chi connectivity index (χ4v) is 2.33. The zero-order valence-corrected chi connectivity index (χ0v) is 13.8. The summed E-state index contributed by atoms with van der Waals surface area (Å²) in [4.78, 5) is 0. The predicted molar refractivity (Wildman–Crippen MR) is 92.1 cm³/mol. The number of ether oxygens (including phenoxy) is 2. The minimum atomic E-state index is 0.183. The minimum Gasteiger partial charge on any atom is -0.492 e. The largest absolute Gasteiger partial charge is 0.492 e. The number of hydrogen-bond donors (Lipinski definition) is 1. The van der Waals surface area contributed by atoms with Gasteiger partial charge in [-0.1, -0.05) is 12.1 Å². The summed E-state index contributed by atoms with van der Waals surface area (Å²) < 4.78 is 11.5. The highest BCUT2D eigenvalue weighted by atomic mass is 16.5. The fraction of sp³-hybridized carbons (Fsp3) is 0.368. The van der Waals surface area contributed by atoms with Crippen molar-refractivity contribution in [2.24, 2.45) is 0 Å². The fourth-order valence-electron chi connectivity index (χ4n) is 2.33. The van der Waals surface area contributed by atoms with Gasteiger partial charge in [-0.05, 0) is 63.1 Å². The van der Waals surface area contributed by atoms with Crippen LogP contribution in [0.5, 0.6) is 11.5 Å². The van der Waals surface area contributed by atoms with Gasteiger partial charge in [0, 0.05) is 18.3 Å². The summed E-state index contributed by atoms with van der Waals surface area (Å²) in [6, 6.07) is 14.3. The van der Waals surface area contributed by atoms with Crippen molar-refractivity contribution in [3.8, 4) is 11.5 Å². The number of benzene rings is 2. The molecule has 3 nitrogen and oxygen atoms in total. The molecule has 0 aliphatic carbocycles. The summed E-state index contributed by atoms with van der Waals surface area (Å²) in [7, 11) is 0. The van der Waals surface area contributed by atoms with Gasteiger partial charge >= 0.3 is 0 Å². The van der Waals surface area contributed by atoms with Crippen molar-refractivity contribution in [3.05, 3.63) is 53.6 Å². The Balaban J connectivity index is 1.81. The van der Waals surface area contributed by atoms with E-state index < -0.39 is 0 Å². The van der Waals surface area contributed by atoms with Gasteiger partial charge in [0.1, 0.15) is 18.1 Å². The van der Waals surface area contributed by atoms with Gasteiger partial charge in [-0.15, -0.1) is 0 Å². The Morgan fingerprint density at radius 3 is 2.36 bits per heavy atom. The molecule has 0 aliphatic heterocycles. The van der Waals surface area contributed by atoms with Crippen LogP contribution >= 0.6 is 0 Å². The third kappa shape index (κ3) is 5.32. The first-order valence-corrected chi connectivity index (χ1v) is 7.74. The lowest BCUT2D eigenvalue weighted by Gasteiger charge is -2.13. The van der Waals surface area contributed by atoms with Crippen molar-refractivity contribution < 1.29 is 9.47 Å². The van der Waals surface area contributed by atoms with Crippen molar-refractivity contribution >= 4 is 5.69 Å². The van der Waals surface area contributed by atoms with Gasteiger partial charge in [0.05, 0.1) is 6.10 Å². The van der Waals surface area contributed by atoms with Crippen LogP contribution in [0.15, 0.2) is 42.5 Å². The molecular weight excluding hydrogens is 274 g/mol. The smallest absolute Gasteiger partial charge is 0.121 e. The van der Waals surface area contributed by atoms with Gasteiger partial charge in [0.2, 0.25) is 0 Å². The van der Waals surface area contributed by atoms with E-state index >= 15 is 0 Å². The topological polar surface area (TPSA) is 30.5 Å². The van der Waals surface area contributed by atoms with Crippen molar-refractivity contribution in [1.82, 2.24) is 0 Å². The van der Waals surface area contributed by atoms with Gasteiger partial charge in [0.15, 0.2) is 0 Å². The first-order valence-electron chi connectivity index (χ1n) is 7.74. The average Bonchev–Trinajstić information content (AvgIpc) is 2.42. The summed E-state index contributed by atoms with van der Waals surface area (Å²) in [5.41, 5.74) is 3.49. The molecule has 0 saturated carbocycles. The number of rotatable bonds is 7. The standard InChI is InChI=1S/C19H25NO2/c1-14(2)22-18-7-5-6-17(13-18)20-8-9-21-19-11-15(3)10-16(4)12-19/h5-7,10-14,20H,8-9H2,1-4H3. The maximum atomic E-state index is 5.79. The summed E-state index contributed by atoms with van der Waals surface area (Å²) in [6.07, 6.45) is 0.183. The van der Waals surface area contributed by atoms with Gasteiger partial charge < -0.3 is 14.8 Å². The molecule has 2 rings (SSSR count). The van der Waals surface area contributed by atoms with Crippen LogP contribution in [0.1, 0.15) is 25.0 Å². The minimum absolute atomic E-state index is 0.183. The summed E-state index contributed by atoms with van der Waals surface area (Å²) >= 11 is 0. The van der Waals surface area contributed by atoms with Crippen molar-refractivity contribution in [2.75, 3.05) is 18.5 Å². The molecule has 0 bridgehead atoms. The third-order valence-corrected chi connectivity index (χ3v) is 3.10. The van der Waals surface area contributed by atoms with E-state index in [9.17, 15) is 0 Å². The lowest BCUT2D eigenvalue weighted by Crippen LogP contribution is -2.12. The van der Waals surface area contributed by atoms with Crippen LogP contribution in [0.3, 0.4) is 0 Å². The molecule has 0 heterocycles. The quantitative estimate of drug-likeness (QED) is 0.759. The van der Waals surface area contributed by atoms with Gasteiger partial charge in [-0.2, -0.15) is 0 Å². The second kappa shape index (κ2) is 7.74. The summed E-state index contributed by atoms with van der Waals surface area (Å²) in [6.45, 7) is 9.59. The monoisotopic (exact) mass is 299 g/mol. The molecule has 118 valence electrons. The molecule has 0 atom stereocenters. The Kier molecular flexibility index (Phi) is 5.70. The second-order valence-corrected chi connectivity index (χ2v) is 5.79. The zero-order chi connectivity index (χ0) is 15.9. The van der Waals surface area contributed by atoms with Crippen molar-refractivity contribution in [3.63, 3.8) is 0 Å². The summed E-state index contributed by atoms with van der Waals surface area (Å²) in [5.74, 6) is 1.81. The maximum Gasteiger partial charge on any atom is 0.121 e. The molecule has 0 saturated heterocycles. The van der Waals surface area contributed by atoms with Crippen LogP contribution in [0.25, 0.3) is 0 Å². The van der Waals surface area contributed by atoms with E-state index in [-0.39, 0.29) is 6.10 Å². The highest BCUT2D eigenvalue weighted by Crippen LogP contribution is 2.19. The van der Waals surface area contributed by atoms with Crippen LogP contribution in [0, 0.1) is 13.8 Å². The average molecular weight is 299 g/mol. The van der Waals surface area contributed by atoms with Crippen molar-refractivity contribution in [2.45, 2.75) is 33.8 Å². The Bertz CT molecular complexity index is 588. The van der Waals surface area contributed by atoms with Crippen LogP contribution in [-0.2, 0) is 0 Å². The van der Waals surface area contributed by atoms with Gasteiger partial charge in [-0.25, -0.2) is 0 Å². The second-order valence-electron chi connectivity index (χ2n) is 5.79. The molecule has 3 heteroatoms. The van der Waals surface area contributed by atoms with Crippen LogP contribution in [0.2, 0.25) is 0 Å². The SMILES string of the molecule is Cc1cc(C)cc(OCCNc2cccc(OC(C)C)c2)c1. The molecule has 0 aromatic heterocycles. The summed E-state index contributed by atoms with van der Waals surface area (Å²) in [5, 5.41) is 3.35. The molecule has 0 unspecified atom stereocenters. The molecular formula is C19H25NO2. The normalized spacial score (nSPS) is 10.6. The number of nitrogens with one attached hydrogen (secondary N) is 1. The maximum absolute atomic E-state index is 5.79. The molecule has 0 aliphatic rings. The molecule has 0 fully saturated rings. The Morgan fingerprint density at radius 1 is 0.955 bits per heavy atom. The molecule has 2 aromatic carbocycles. The van der Waals surface area contributed by atoms with E-state index in [0.717, 1.165) is 23.7 Å². The van der Waals surface area contributed by atoms with E-state index in [0.29, 0.717) is 6.61 Å². The van der Waals surface area contributed by atoms with Crippen LogP contribution in [-0.4, -0.2) is 19.3 Å². The molecule has 1 N–H and O–H groups in total. The first-order chi connectivity index (χ1) is 10.5. The molecule has 2 aromatic rings. The molecule has 0 radical (unpaired) electrons. The molecule has 0 spiro atoms. The number of hydrogen-bond acceptors (Lipinski definition) is 3. The molecule has 0 amide bonds. The predicted octanol–water partition coefficient (Wildman–Crippen LogP) is 4.58. The van der Waals surface area contributed by atoms with Crippen LogP contribution in [0.4, 0.5) is 5.69 Å². The Labute approximate surface area is 133 Å². The van der Waals surface area contributed by atoms with E-state index in [4.69, 9.17) is 9.47 Å². The van der Waals surface area contributed by atoms with Gasteiger partial charge in [-0.3, -0.25) is 0 Å². The van der Waals surface area contributed by atoms with E-state index in [1.807, 2.05) is 38.1 Å². The zero-order valence-electron chi connectivity index (χ0n) is 13.8. The highest BCUT2D eigenvalue weighted by molar-refractivity contribution is 5.48. The number of anilines is 1.